The van der Waals surface area contributed by atoms with Gasteiger partial charge in [-0.25, -0.2) is 4.98 Å². The Morgan fingerprint density at radius 3 is 2.72 bits per heavy atom. The topological polar surface area (TPSA) is 65.5 Å². The second-order valence-electron chi connectivity index (χ2n) is 4.79. The Bertz CT molecular complexity index is 404. The average Bonchev–Trinajstić information content (AvgIpc) is 2.25. The summed E-state index contributed by atoms with van der Waals surface area (Å²) in [6.07, 6.45) is 1.40. The molecule has 1 amide bonds. The first-order chi connectivity index (χ1) is 8.30. The summed E-state index contributed by atoms with van der Waals surface area (Å²) in [5.74, 6) is -0.279. The molecule has 0 aliphatic heterocycles. The highest BCUT2D eigenvalue weighted by atomic mass is 35.5. The van der Waals surface area contributed by atoms with Crippen LogP contribution in [-0.2, 0) is 0 Å². The van der Waals surface area contributed by atoms with Crippen LogP contribution in [0.3, 0.4) is 0 Å². The summed E-state index contributed by atoms with van der Waals surface area (Å²) in [5.41, 5.74) is -0.556. The monoisotopic (exact) mass is 271 g/mol. The fraction of sp³-hybridized carbons (Fsp3) is 0.500. The lowest BCUT2D eigenvalue weighted by atomic mass is 10.1. The van der Waals surface area contributed by atoms with E-state index in [-0.39, 0.29) is 12.5 Å². The van der Waals surface area contributed by atoms with E-state index in [4.69, 9.17) is 11.6 Å². The van der Waals surface area contributed by atoms with Crippen molar-refractivity contribution in [3.63, 3.8) is 0 Å². The van der Waals surface area contributed by atoms with E-state index in [2.05, 4.69) is 10.3 Å². The Hall–Kier alpha value is -1.17. The number of aromatic nitrogens is 1. The Balaban J connectivity index is 2.53. The van der Waals surface area contributed by atoms with Crippen LogP contribution >= 0.6 is 11.6 Å². The molecule has 0 aromatic carbocycles. The van der Waals surface area contributed by atoms with Crippen LogP contribution < -0.4 is 5.32 Å². The molecule has 0 spiro atoms. The van der Waals surface area contributed by atoms with Crippen molar-refractivity contribution in [3.8, 4) is 0 Å². The lowest BCUT2D eigenvalue weighted by molar-refractivity contribution is 0.0326. The summed E-state index contributed by atoms with van der Waals surface area (Å²) in [5, 5.41) is 13.0. The highest BCUT2D eigenvalue weighted by Gasteiger charge is 2.22. The zero-order chi connectivity index (χ0) is 13.8. The highest BCUT2D eigenvalue weighted by molar-refractivity contribution is 6.29. The Kier molecular flexibility index (Phi) is 5.07. The highest BCUT2D eigenvalue weighted by Crippen LogP contribution is 2.06. The number of nitrogens with one attached hydrogen (secondary N) is 1. The van der Waals surface area contributed by atoms with Crippen LogP contribution in [0.2, 0.25) is 5.15 Å². The van der Waals surface area contributed by atoms with Gasteiger partial charge in [0.05, 0.1) is 11.2 Å². The standard InChI is InChI=1S/C12H18ClN3O2/c1-12(18,8-16(2)3)7-15-11(17)9-4-5-10(13)14-6-9/h4-6,18H,7-8H2,1-3H3,(H,15,17). The number of carbonyl (C=O) groups excluding carboxylic acids is 1. The molecule has 18 heavy (non-hydrogen) atoms. The van der Waals surface area contributed by atoms with Gasteiger partial charge in [-0.05, 0) is 33.2 Å². The number of carbonyl (C=O) groups is 1. The molecular weight excluding hydrogens is 254 g/mol. The zero-order valence-electron chi connectivity index (χ0n) is 10.8. The van der Waals surface area contributed by atoms with Crippen LogP contribution in [0, 0.1) is 0 Å². The maximum absolute atomic E-state index is 11.8. The number of halogens is 1. The number of nitrogens with zero attached hydrogens (tertiary/aromatic N) is 2. The number of likely N-dealkylation sites (N-methyl/N-ethyl adjacent to an activating group) is 1. The molecule has 0 saturated heterocycles. The van der Waals surface area contributed by atoms with Gasteiger partial charge >= 0.3 is 0 Å². The van der Waals surface area contributed by atoms with Crippen molar-refractivity contribution in [1.82, 2.24) is 15.2 Å². The van der Waals surface area contributed by atoms with Gasteiger partial charge in [0.1, 0.15) is 5.15 Å². The van der Waals surface area contributed by atoms with Crippen LogP contribution in [0.15, 0.2) is 18.3 Å². The fourth-order valence-electron chi connectivity index (χ4n) is 1.62. The minimum absolute atomic E-state index is 0.173. The first-order valence-corrected chi connectivity index (χ1v) is 5.95. The molecule has 5 nitrogen and oxygen atoms in total. The minimum Gasteiger partial charge on any atom is -0.387 e. The van der Waals surface area contributed by atoms with Gasteiger partial charge in [0.15, 0.2) is 0 Å². The zero-order valence-corrected chi connectivity index (χ0v) is 11.5. The van der Waals surface area contributed by atoms with Gasteiger partial charge in [0, 0.05) is 19.3 Å². The number of pyridine rings is 1. The van der Waals surface area contributed by atoms with Crippen molar-refractivity contribution in [2.45, 2.75) is 12.5 Å². The van der Waals surface area contributed by atoms with Gasteiger partial charge < -0.3 is 15.3 Å². The van der Waals surface area contributed by atoms with Gasteiger partial charge in [0.2, 0.25) is 0 Å². The molecular formula is C12H18ClN3O2. The predicted molar refractivity (Wildman–Crippen MR) is 70.8 cm³/mol. The Morgan fingerprint density at radius 2 is 2.22 bits per heavy atom. The van der Waals surface area contributed by atoms with Crippen LogP contribution in [0.25, 0.3) is 0 Å². The number of hydrogen-bond acceptors (Lipinski definition) is 4. The quantitative estimate of drug-likeness (QED) is 0.777. The summed E-state index contributed by atoms with van der Waals surface area (Å²) >= 11 is 5.63. The molecule has 1 aromatic heterocycles. The van der Waals surface area contributed by atoms with E-state index < -0.39 is 5.60 Å². The van der Waals surface area contributed by atoms with Gasteiger partial charge in [0.25, 0.3) is 5.91 Å². The van der Waals surface area contributed by atoms with Crippen molar-refractivity contribution in [1.29, 1.82) is 0 Å². The first-order valence-electron chi connectivity index (χ1n) is 5.57. The maximum atomic E-state index is 11.8. The normalized spacial score (nSPS) is 14.3. The van der Waals surface area contributed by atoms with Crippen LogP contribution in [0.4, 0.5) is 0 Å². The molecule has 1 rings (SSSR count). The number of hydrogen-bond donors (Lipinski definition) is 2. The minimum atomic E-state index is -0.973. The van der Waals surface area contributed by atoms with E-state index in [1.807, 2.05) is 19.0 Å². The summed E-state index contributed by atoms with van der Waals surface area (Å²) in [6, 6.07) is 3.14. The van der Waals surface area contributed by atoms with Crippen molar-refractivity contribution in [2.75, 3.05) is 27.2 Å². The predicted octanol–water partition coefficient (Wildman–Crippen LogP) is 0.777. The van der Waals surface area contributed by atoms with Crippen molar-refractivity contribution in [2.24, 2.45) is 0 Å². The summed E-state index contributed by atoms with van der Waals surface area (Å²) < 4.78 is 0. The third-order valence-corrected chi connectivity index (χ3v) is 2.50. The number of aliphatic hydroxyl groups is 1. The molecule has 0 radical (unpaired) electrons. The van der Waals surface area contributed by atoms with E-state index in [1.54, 1.807) is 19.1 Å². The van der Waals surface area contributed by atoms with Crippen LogP contribution in [0.1, 0.15) is 17.3 Å². The molecule has 0 saturated carbocycles. The van der Waals surface area contributed by atoms with E-state index in [0.717, 1.165) is 0 Å². The molecule has 0 aliphatic rings. The molecule has 0 fully saturated rings. The van der Waals surface area contributed by atoms with Crippen molar-refractivity contribution >= 4 is 17.5 Å². The van der Waals surface area contributed by atoms with E-state index in [0.29, 0.717) is 17.3 Å². The second kappa shape index (κ2) is 6.13. The molecule has 1 unspecified atom stereocenters. The van der Waals surface area contributed by atoms with Gasteiger partial charge in [-0.15, -0.1) is 0 Å². The molecule has 1 atom stereocenters. The smallest absolute Gasteiger partial charge is 0.252 e. The fourth-order valence-corrected chi connectivity index (χ4v) is 1.73. The van der Waals surface area contributed by atoms with Crippen LogP contribution in [0.5, 0.6) is 0 Å². The van der Waals surface area contributed by atoms with Crippen molar-refractivity contribution < 1.29 is 9.90 Å². The van der Waals surface area contributed by atoms with E-state index in [1.165, 1.54) is 6.20 Å². The van der Waals surface area contributed by atoms with Crippen molar-refractivity contribution in [3.05, 3.63) is 29.0 Å². The van der Waals surface area contributed by atoms with Gasteiger partial charge in [-0.2, -0.15) is 0 Å². The summed E-state index contributed by atoms with van der Waals surface area (Å²) in [6.45, 7) is 2.31. The first kappa shape index (κ1) is 14.9. The third-order valence-electron chi connectivity index (χ3n) is 2.28. The molecule has 1 aromatic rings. The average molecular weight is 272 g/mol. The van der Waals surface area contributed by atoms with Gasteiger partial charge in [-0.3, -0.25) is 4.79 Å². The Morgan fingerprint density at radius 1 is 1.56 bits per heavy atom. The molecule has 2 N–H and O–H groups in total. The Labute approximate surface area is 112 Å². The molecule has 100 valence electrons. The van der Waals surface area contributed by atoms with Crippen LogP contribution in [-0.4, -0.2) is 53.7 Å². The molecule has 0 bridgehead atoms. The van der Waals surface area contributed by atoms with Gasteiger partial charge in [-0.1, -0.05) is 11.6 Å². The summed E-state index contributed by atoms with van der Waals surface area (Å²) in [4.78, 5) is 17.5. The maximum Gasteiger partial charge on any atom is 0.252 e. The largest absolute Gasteiger partial charge is 0.387 e. The lowest BCUT2D eigenvalue weighted by Crippen LogP contribution is -2.47. The number of amides is 1. The molecule has 6 heteroatoms. The molecule has 0 aliphatic carbocycles. The van der Waals surface area contributed by atoms with E-state index in [9.17, 15) is 9.90 Å². The summed E-state index contributed by atoms with van der Waals surface area (Å²) in [7, 11) is 3.72. The SMILES string of the molecule is CN(C)CC(C)(O)CNC(=O)c1ccc(Cl)nc1. The number of rotatable bonds is 5. The molecule has 1 heterocycles. The van der Waals surface area contributed by atoms with E-state index >= 15 is 0 Å². The second-order valence-corrected chi connectivity index (χ2v) is 5.17. The lowest BCUT2D eigenvalue weighted by Gasteiger charge is -2.27. The third kappa shape index (κ3) is 5.00.